The van der Waals surface area contributed by atoms with Gasteiger partial charge in [-0.05, 0) is 37.1 Å². The van der Waals surface area contributed by atoms with E-state index in [4.69, 9.17) is 10.4 Å². The maximum atomic E-state index is 8.50. The first-order valence-corrected chi connectivity index (χ1v) is 5.49. The number of oxime groups is 2. The van der Waals surface area contributed by atoms with E-state index < -0.39 is 0 Å². The maximum Gasteiger partial charge on any atom is 0.0765 e. The van der Waals surface area contributed by atoms with Crippen LogP contribution in [0.4, 0.5) is 0 Å². The second kappa shape index (κ2) is 7.06. The summed E-state index contributed by atoms with van der Waals surface area (Å²) in [6.45, 7) is 3.43. The van der Waals surface area contributed by atoms with Crippen LogP contribution in [0.5, 0.6) is 0 Å². The van der Waals surface area contributed by atoms with E-state index in [1.807, 2.05) is 36.4 Å². The van der Waals surface area contributed by atoms with Crippen LogP contribution in [0.2, 0.25) is 0 Å². The van der Waals surface area contributed by atoms with Crippen molar-refractivity contribution in [3.63, 3.8) is 0 Å². The first-order valence-electron chi connectivity index (χ1n) is 5.49. The van der Waals surface area contributed by atoms with Gasteiger partial charge in [0.05, 0.1) is 11.4 Å². The zero-order valence-electron chi connectivity index (χ0n) is 10.4. The summed E-state index contributed by atoms with van der Waals surface area (Å²) in [6.07, 6.45) is 7.19. The van der Waals surface area contributed by atoms with Gasteiger partial charge in [0, 0.05) is 0 Å². The number of benzene rings is 1. The molecule has 1 rings (SSSR count). The van der Waals surface area contributed by atoms with Crippen LogP contribution in [0.3, 0.4) is 0 Å². The van der Waals surface area contributed by atoms with Crippen LogP contribution in [0.1, 0.15) is 25.0 Å². The number of nitrogens with zero attached hydrogens (tertiary/aromatic N) is 2. The Labute approximate surface area is 106 Å². The van der Waals surface area contributed by atoms with E-state index in [0.29, 0.717) is 11.4 Å². The molecule has 1 aromatic rings. The summed E-state index contributed by atoms with van der Waals surface area (Å²) in [4.78, 5) is 0. The summed E-state index contributed by atoms with van der Waals surface area (Å²) < 4.78 is 0. The minimum absolute atomic E-state index is 0.550. The number of allylic oxidation sites excluding steroid dienone is 2. The van der Waals surface area contributed by atoms with Crippen molar-refractivity contribution >= 4 is 23.6 Å². The first kappa shape index (κ1) is 13.7. The largest absolute Gasteiger partial charge is 0.411 e. The first-order chi connectivity index (χ1) is 8.65. The summed E-state index contributed by atoms with van der Waals surface area (Å²) >= 11 is 0. The molecular weight excluding hydrogens is 228 g/mol. The van der Waals surface area contributed by atoms with Gasteiger partial charge in [-0.25, -0.2) is 0 Å². The lowest BCUT2D eigenvalue weighted by atomic mass is 10.1. The summed E-state index contributed by atoms with van der Waals surface area (Å²) in [5, 5.41) is 23.1. The lowest BCUT2D eigenvalue weighted by Gasteiger charge is -1.96. The Morgan fingerprint density at radius 3 is 1.44 bits per heavy atom. The molecule has 2 N–H and O–H groups in total. The number of hydrogen-bond acceptors (Lipinski definition) is 4. The molecule has 0 fully saturated rings. The van der Waals surface area contributed by atoms with Crippen molar-refractivity contribution in [3.05, 3.63) is 47.5 Å². The average molecular weight is 244 g/mol. The van der Waals surface area contributed by atoms with Gasteiger partial charge in [0.15, 0.2) is 0 Å². The Hall–Kier alpha value is -2.36. The molecule has 0 aromatic heterocycles. The van der Waals surface area contributed by atoms with Crippen LogP contribution in [-0.2, 0) is 0 Å². The summed E-state index contributed by atoms with van der Waals surface area (Å²) in [7, 11) is 0. The standard InChI is InChI=1S/C14H16N2O2/c1-11(15-17)3-5-13-7-9-14(10-8-13)6-4-12(2)16-18/h3-10,17-18H,1-2H3/b5-3+,6-4+,15-11+,16-12+. The summed E-state index contributed by atoms with van der Waals surface area (Å²) in [5.74, 6) is 0. The minimum Gasteiger partial charge on any atom is -0.411 e. The highest BCUT2D eigenvalue weighted by Crippen LogP contribution is 2.08. The zero-order chi connectivity index (χ0) is 13.4. The molecule has 0 radical (unpaired) electrons. The quantitative estimate of drug-likeness (QED) is 0.484. The predicted octanol–water partition coefficient (Wildman–Crippen LogP) is 3.41. The molecule has 4 heteroatoms. The molecule has 0 heterocycles. The lowest BCUT2D eigenvalue weighted by molar-refractivity contribution is 0.319. The van der Waals surface area contributed by atoms with Gasteiger partial charge in [-0.15, -0.1) is 0 Å². The molecule has 0 aliphatic heterocycles. The summed E-state index contributed by atoms with van der Waals surface area (Å²) in [6, 6.07) is 7.80. The second-order valence-corrected chi connectivity index (χ2v) is 3.82. The van der Waals surface area contributed by atoms with Crippen LogP contribution in [0, 0.1) is 0 Å². The zero-order valence-corrected chi connectivity index (χ0v) is 10.4. The highest BCUT2D eigenvalue weighted by atomic mass is 16.4. The van der Waals surface area contributed by atoms with Gasteiger partial charge < -0.3 is 10.4 Å². The molecule has 0 aliphatic carbocycles. The third-order valence-corrected chi connectivity index (χ3v) is 2.29. The highest BCUT2D eigenvalue weighted by Gasteiger charge is 1.90. The average Bonchev–Trinajstić information content (AvgIpc) is 2.43. The van der Waals surface area contributed by atoms with Crippen LogP contribution in [0.15, 0.2) is 46.7 Å². The number of hydrogen-bond donors (Lipinski definition) is 2. The van der Waals surface area contributed by atoms with Crippen molar-refractivity contribution in [3.8, 4) is 0 Å². The molecule has 4 nitrogen and oxygen atoms in total. The van der Waals surface area contributed by atoms with Crippen LogP contribution < -0.4 is 0 Å². The molecule has 0 spiro atoms. The fourth-order valence-electron chi connectivity index (χ4n) is 1.22. The number of rotatable bonds is 4. The van der Waals surface area contributed by atoms with Crippen molar-refractivity contribution in [1.29, 1.82) is 0 Å². The molecule has 0 saturated heterocycles. The van der Waals surface area contributed by atoms with Gasteiger partial charge in [0.2, 0.25) is 0 Å². The molecule has 0 saturated carbocycles. The summed E-state index contributed by atoms with van der Waals surface area (Å²) in [5.41, 5.74) is 3.13. The van der Waals surface area contributed by atoms with E-state index in [2.05, 4.69) is 10.3 Å². The molecule has 0 unspecified atom stereocenters. The lowest BCUT2D eigenvalue weighted by Crippen LogP contribution is -1.84. The molecule has 18 heavy (non-hydrogen) atoms. The molecule has 0 bridgehead atoms. The smallest absolute Gasteiger partial charge is 0.0765 e. The molecule has 0 aliphatic rings. The van der Waals surface area contributed by atoms with Crippen molar-refractivity contribution in [2.75, 3.05) is 0 Å². The third kappa shape index (κ3) is 4.65. The topological polar surface area (TPSA) is 65.2 Å². The van der Waals surface area contributed by atoms with Crippen molar-refractivity contribution < 1.29 is 10.4 Å². The van der Waals surface area contributed by atoms with Gasteiger partial charge in [-0.2, -0.15) is 0 Å². The van der Waals surface area contributed by atoms with Crippen molar-refractivity contribution in [1.82, 2.24) is 0 Å². The normalized spacial score (nSPS) is 13.7. The van der Waals surface area contributed by atoms with Gasteiger partial charge in [0.25, 0.3) is 0 Å². The Balaban J connectivity index is 2.75. The Morgan fingerprint density at radius 1 is 0.833 bits per heavy atom. The van der Waals surface area contributed by atoms with Crippen molar-refractivity contribution in [2.24, 2.45) is 10.3 Å². The van der Waals surface area contributed by atoms with E-state index in [1.165, 1.54) is 0 Å². The SMILES string of the molecule is CC(/C=C/c1ccc(/C=C/C(C)=N/O)cc1)=N\O. The molecule has 0 amide bonds. The van der Waals surface area contributed by atoms with E-state index in [1.54, 1.807) is 26.0 Å². The Bertz CT molecular complexity index is 450. The second-order valence-electron chi connectivity index (χ2n) is 3.82. The molecule has 0 atom stereocenters. The molecule has 94 valence electrons. The monoisotopic (exact) mass is 244 g/mol. The Kier molecular flexibility index (Phi) is 5.38. The fourth-order valence-corrected chi connectivity index (χ4v) is 1.22. The molecule has 1 aromatic carbocycles. The minimum atomic E-state index is 0.550. The highest BCUT2D eigenvalue weighted by molar-refractivity contribution is 5.96. The van der Waals surface area contributed by atoms with Gasteiger partial charge in [-0.1, -0.05) is 46.7 Å². The van der Waals surface area contributed by atoms with Crippen molar-refractivity contribution in [2.45, 2.75) is 13.8 Å². The molecular formula is C14H16N2O2. The Morgan fingerprint density at radius 2 is 1.17 bits per heavy atom. The van der Waals surface area contributed by atoms with E-state index in [-0.39, 0.29) is 0 Å². The van der Waals surface area contributed by atoms with E-state index in [0.717, 1.165) is 11.1 Å². The van der Waals surface area contributed by atoms with Gasteiger partial charge in [0.1, 0.15) is 0 Å². The van der Waals surface area contributed by atoms with Gasteiger partial charge in [-0.3, -0.25) is 0 Å². The maximum absolute atomic E-state index is 8.50. The van der Waals surface area contributed by atoms with Gasteiger partial charge >= 0.3 is 0 Å². The van der Waals surface area contributed by atoms with Crippen LogP contribution in [0.25, 0.3) is 12.2 Å². The van der Waals surface area contributed by atoms with E-state index in [9.17, 15) is 0 Å². The fraction of sp³-hybridized carbons (Fsp3) is 0.143. The van der Waals surface area contributed by atoms with Crippen LogP contribution in [-0.4, -0.2) is 21.8 Å². The predicted molar refractivity (Wildman–Crippen MR) is 74.3 cm³/mol. The van der Waals surface area contributed by atoms with E-state index >= 15 is 0 Å². The van der Waals surface area contributed by atoms with Crippen LogP contribution >= 0.6 is 0 Å². The third-order valence-electron chi connectivity index (χ3n) is 2.29.